The number of rotatable bonds is 4. The third kappa shape index (κ3) is 2.62. The largest absolute Gasteiger partial charge is 0.394 e. The van der Waals surface area contributed by atoms with Crippen molar-refractivity contribution in [2.75, 3.05) is 39.5 Å². The van der Waals surface area contributed by atoms with Crippen LogP contribution in [0.4, 0.5) is 0 Å². The molecule has 20 heavy (non-hydrogen) atoms. The van der Waals surface area contributed by atoms with Gasteiger partial charge in [0.25, 0.3) is 0 Å². The molecular weight excluding hydrogens is 258 g/mol. The van der Waals surface area contributed by atoms with Gasteiger partial charge in [-0.05, 0) is 38.8 Å². The van der Waals surface area contributed by atoms with Crippen LogP contribution in [0.2, 0.25) is 0 Å². The normalized spacial score (nSPS) is 35.1. The minimum absolute atomic E-state index is 0.0448. The average Bonchev–Trinajstić information content (AvgIpc) is 2.52. The number of nitrogens with zero attached hydrogens (tertiary/aromatic N) is 1. The number of aliphatic hydroxyl groups excluding tert-OH is 2. The lowest BCUT2D eigenvalue weighted by molar-refractivity contribution is -0.215. The zero-order valence-electron chi connectivity index (χ0n) is 12.2. The van der Waals surface area contributed by atoms with Crippen molar-refractivity contribution in [2.24, 2.45) is 5.41 Å². The molecule has 0 aromatic carbocycles. The van der Waals surface area contributed by atoms with Crippen LogP contribution in [0, 0.1) is 5.41 Å². The molecular formula is C15H27NO4. The second-order valence-corrected chi connectivity index (χ2v) is 6.45. The van der Waals surface area contributed by atoms with Crippen LogP contribution in [-0.2, 0) is 9.47 Å². The van der Waals surface area contributed by atoms with Gasteiger partial charge in [0, 0.05) is 31.1 Å². The Balaban J connectivity index is 1.53. The summed E-state index contributed by atoms with van der Waals surface area (Å²) in [6.45, 7) is 4.34. The summed E-state index contributed by atoms with van der Waals surface area (Å²) in [6, 6.07) is 0.662. The van der Waals surface area contributed by atoms with E-state index in [0.29, 0.717) is 12.6 Å². The van der Waals surface area contributed by atoms with E-state index in [-0.39, 0.29) is 24.2 Å². The lowest BCUT2D eigenvalue weighted by atomic mass is 9.58. The molecule has 3 rings (SSSR count). The molecule has 2 saturated heterocycles. The van der Waals surface area contributed by atoms with Crippen molar-refractivity contribution in [2.45, 2.75) is 50.4 Å². The molecule has 0 amide bonds. The number of likely N-dealkylation sites (tertiary alicyclic amines) is 1. The summed E-state index contributed by atoms with van der Waals surface area (Å²) >= 11 is 0. The summed E-state index contributed by atoms with van der Waals surface area (Å²) < 4.78 is 11.2. The van der Waals surface area contributed by atoms with Crippen molar-refractivity contribution in [3.8, 4) is 0 Å². The minimum Gasteiger partial charge on any atom is -0.394 e. The third-order valence-electron chi connectivity index (χ3n) is 5.59. The lowest BCUT2D eigenvalue weighted by Crippen LogP contribution is -2.63. The molecule has 1 spiro atoms. The van der Waals surface area contributed by atoms with Gasteiger partial charge in [-0.25, -0.2) is 0 Å². The highest BCUT2D eigenvalue weighted by molar-refractivity contribution is 5.07. The number of hydrogen-bond acceptors (Lipinski definition) is 5. The van der Waals surface area contributed by atoms with Crippen LogP contribution in [0.1, 0.15) is 32.1 Å². The van der Waals surface area contributed by atoms with Crippen LogP contribution in [0.3, 0.4) is 0 Å². The lowest BCUT2D eigenvalue weighted by Gasteiger charge is -2.57. The van der Waals surface area contributed by atoms with Gasteiger partial charge in [-0.15, -0.1) is 0 Å². The first-order valence-corrected chi connectivity index (χ1v) is 7.98. The van der Waals surface area contributed by atoms with Gasteiger partial charge in [0.15, 0.2) is 0 Å². The fraction of sp³-hybridized carbons (Fsp3) is 1.00. The SMILES string of the molecule is OCCO[C@H]1C[C@@H](O)C12CCN(C1CCOCC1)CC2. The Bertz CT molecular complexity index is 311. The molecule has 2 N–H and O–H groups in total. The second-order valence-electron chi connectivity index (χ2n) is 6.45. The Morgan fingerprint density at radius 2 is 1.90 bits per heavy atom. The van der Waals surface area contributed by atoms with Crippen molar-refractivity contribution >= 4 is 0 Å². The van der Waals surface area contributed by atoms with Gasteiger partial charge in [-0.2, -0.15) is 0 Å². The molecule has 0 bridgehead atoms. The maximum Gasteiger partial charge on any atom is 0.0701 e. The fourth-order valence-electron chi connectivity index (χ4n) is 4.17. The summed E-state index contributed by atoms with van der Waals surface area (Å²) in [7, 11) is 0. The molecule has 0 radical (unpaired) electrons. The monoisotopic (exact) mass is 285 g/mol. The van der Waals surface area contributed by atoms with Crippen LogP contribution in [0.25, 0.3) is 0 Å². The van der Waals surface area contributed by atoms with Crippen molar-refractivity contribution in [3.63, 3.8) is 0 Å². The molecule has 3 aliphatic rings. The Kier molecular flexibility index (Phi) is 4.62. The zero-order chi connectivity index (χ0) is 14.0. The molecule has 1 aliphatic carbocycles. The van der Waals surface area contributed by atoms with E-state index in [4.69, 9.17) is 14.6 Å². The van der Waals surface area contributed by atoms with Crippen molar-refractivity contribution in [3.05, 3.63) is 0 Å². The number of piperidine rings is 1. The number of ether oxygens (including phenoxy) is 2. The van der Waals surface area contributed by atoms with Crippen LogP contribution in [0.15, 0.2) is 0 Å². The summed E-state index contributed by atoms with van der Waals surface area (Å²) in [4.78, 5) is 2.57. The predicted molar refractivity (Wildman–Crippen MR) is 74.5 cm³/mol. The Morgan fingerprint density at radius 3 is 2.50 bits per heavy atom. The maximum atomic E-state index is 10.2. The highest BCUT2D eigenvalue weighted by Gasteiger charge is 2.56. The second kappa shape index (κ2) is 6.28. The van der Waals surface area contributed by atoms with Gasteiger partial charge < -0.3 is 24.6 Å². The first-order chi connectivity index (χ1) is 9.76. The topological polar surface area (TPSA) is 62.2 Å². The maximum absolute atomic E-state index is 10.2. The molecule has 3 fully saturated rings. The summed E-state index contributed by atoms with van der Waals surface area (Å²) in [6.07, 6.45) is 4.96. The molecule has 116 valence electrons. The summed E-state index contributed by atoms with van der Waals surface area (Å²) in [5, 5.41) is 19.1. The molecule has 5 nitrogen and oxygen atoms in total. The fourth-order valence-corrected chi connectivity index (χ4v) is 4.17. The molecule has 2 atom stereocenters. The van der Waals surface area contributed by atoms with Crippen molar-refractivity contribution in [1.82, 2.24) is 4.90 Å². The summed E-state index contributed by atoms with van der Waals surface area (Å²) in [5.41, 5.74) is -0.0448. The highest BCUT2D eigenvalue weighted by Crippen LogP contribution is 2.51. The van der Waals surface area contributed by atoms with Crippen LogP contribution < -0.4 is 0 Å². The standard InChI is InChI=1S/C15H27NO4/c17-7-10-20-14-11-13(18)15(14)3-5-16(6-4-15)12-1-8-19-9-2-12/h12-14,17-18H,1-11H2/t13-,14+/m1/s1. The van der Waals surface area contributed by atoms with Gasteiger partial charge >= 0.3 is 0 Å². The molecule has 1 saturated carbocycles. The Morgan fingerprint density at radius 1 is 1.20 bits per heavy atom. The Hall–Kier alpha value is -0.200. The molecule has 5 heteroatoms. The van der Waals surface area contributed by atoms with Gasteiger partial charge in [0.05, 0.1) is 25.4 Å². The molecule has 0 aromatic rings. The van der Waals surface area contributed by atoms with E-state index in [0.717, 1.165) is 58.4 Å². The van der Waals surface area contributed by atoms with E-state index in [9.17, 15) is 5.11 Å². The van der Waals surface area contributed by atoms with E-state index >= 15 is 0 Å². The molecule has 0 aromatic heterocycles. The van der Waals surface area contributed by atoms with Gasteiger partial charge in [0.1, 0.15) is 0 Å². The van der Waals surface area contributed by atoms with E-state index < -0.39 is 0 Å². The minimum atomic E-state index is -0.219. The van der Waals surface area contributed by atoms with E-state index in [2.05, 4.69) is 4.90 Å². The van der Waals surface area contributed by atoms with Gasteiger partial charge in [-0.1, -0.05) is 0 Å². The summed E-state index contributed by atoms with van der Waals surface area (Å²) in [5.74, 6) is 0. The van der Waals surface area contributed by atoms with Crippen LogP contribution >= 0.6 is 0 Å². The van der Waals surface area contributed by atoms with E-state index in [1.54, 1.807) is 0 Å². The van der Waals surface area contributed by atoms with Gasteiger partial charge in [-0.3, -0.25) is 0 Å². The molecule has 2 aliphatic heterocycles. The Labute approximate surface area is 120 Å². The smallest absolute Gasteiger partial charge is 0.0701 e. The number of aliphatic hydroxyl groups is 2. The van der Waals surface area contributed by atoms with Crippen molar-refractivity contribution < 1.29 is 19.7 Å². The highest BCUT2D eigenvalue weighted by atomic mass is 16.5. The third-order valence-corrected chi connectivity index (χ3v) is 5.59. The van der Waals surface area contributed by atoms with E-state index in [1.807, 2.05) is 0 Å². The van der Waals surface area contributed by atoms with E-state index in [1.165, 1.54) is 0 Å². The predicted octanol–water partition coefficient (Wildman–Crippen LogP) is 0.390. The number of hydrogen-bond donors (Lipinski definition) is 2. The van der Waals surface area contributed by atoms with Crippen molar-refractivity contribution in [1.29, 1.82) is 0 Å². The zero-order valence-corrected chi connectivity index (χ0v) is 12.2. The van der Waals surface area contributed by atoms with Gasteiger partial charge in [0.2, 0.25) is 0 Å². The quantitative estimate of drug-likeness (QED) is 0.782. The molecule has 2 heterocycles. The first kappa shape index (κ1) is 14.7. The first-order valence-electron chi connectivity index (χ1n) is 7.98. The average molecular weight is 285 g/mol. The van der Waals surface area contributed by atoms with Crippen LogP contribution in [-0.4, -0.2) is 72.9 Å². The van der Waals surface area contributed by atoms with Crippen LogP contribution in [0.5, 0.6) is 0 Å². The molecule has 0 unspecified atom stereocenters.